The van der Waals surface area contributed by atoms with Crippen molar-refractivity contribution >= 4 is 11.8 Å². The van der Waals surface area contributed by atoms with Gasteiger partial charge in [-0.25, -0.2) is 4.79 Å². The topological polar surface area (TPSA) is 98.9 Å². The van der Waals surface area contributed by atoms with Gasteiger partial charge in [-0.3, -0.25) is 10.1 Å². The minimum atomic E-state index is -1.46. The highest BCUT2D eigenvalue weighted by Gasteiger charge is 2.13. The van der Waals surface area contributed by atoms with Crippen molar-refractivity contribution in [2.75, 3.05) is 13.7 Å². The van der Waals surface area contributed by atoms with E-state index in [0.29, 0.717) is 18.6 Å². The number of methoxy groups -OCH3 is 1. The van der Waals surface area contributed by atoms with Crippen LogP contribution in [0.3, 0.4) is 0 Å². The zero-order valence-electron chi connectivity index (χ0n) is 9.08. The van der Waals surface area contributed by atoms with Gasteiger partial charge in [-0.05, 0) is 12.5 Å². The van der Waals surface area contributed by atoms with Gasteiger partial charge in [0.25, 0.3) is 5.69 Å². The van der Waals surface area contributed by atoms with Gasteiger partial charge in [0.1, 0.15) is 5.75 Å². The quantitative estimate of drug-likeness (QED) is 0.365. The average molecular weight is 241 g/mol. The Morgan fingerprint density at radius 2 is 2.24 bits per heavy atom. The summed E-state index contributed by atoms with van der Waals surface area (Å²) >= 11 is 0. The highest BCUT2D eigenvalue weighted by molar-refractivity contribution is 5.62. The maximum absolute atomic E-state index is 10.6. The van der Waals surface area contributed by atoms with Crippen molar-refractivity contribution in [1.29, 1.82) is 0 Å². The van der Waals surface area contributed by atoms with Gasteiger partial charge in [0, 0.05) is 24.8 Å². The number of rotatable bonds is 5. The third-order valence-corrected chi connectivity index (χ3v) is 2.03. The van der Waals surface area contributed by atoms with Crippen LogP contribution in [0.25, 0.3) is 0 Å². The highest BCUT2D eigenvalue weighted by atomic mass is 16.7. The van der Waals surface area contributed by atoms with Crippen LogP contribution in [-0.4, -0.2) is 29.9 Å². The number of carbonyl (C=O) groups is 1. The fourth-order valence-corrected chi connectivity index (χ4v) is 1.28. The first-order valence-corrected chi connectivity index (χ1v) is 4.71. The smallest absolute Gasteiger partial charge is 0.449 e. The molecule has 17 heavy (non-hydrogen) atoms. The van der Waals surface area contributed by atoms with Crippen LogP contribution in [0.1, 0.15) is 5.56 Å². The van der Waals surface area contributed by atoms with Gasteiger partial charge in [-0.2, -0.15) is 0 Å². The van der Waals surface area contributed by atoms with E-state index >= 15 is 0 Å². The van der Waals surface area contributed by atoms with Crippen molar-refractivity contribution in [3.63, 3.8) is 0 Å². The zero-order chi connectivity index (χ0) is 12.8. The number of hydrogen-bond donors (Lipinski definition) is 1. The molecule has 0 aliphatic carbocycles. The molecule has 7 nitrogen and oxygen atoms in total. The van der Waals surface area contributed by atoms with Crippen LogP contribution in [0, 0.1) is 10.1 Å². The lowest BCUT2D eigenvalue weighted by Crippen LogP contribution is -2.07. The molecule has 0 spiro atoms. The number of benzene rings is 1. The first kappa shape index (κ1) is 12.9. The van der Waals surface area contributed by atoms with E-state index in [0.717, 1.165) is 0 Å². The summed E-state index contributed by atoms with van der Waals surface area (Å²) in [6.45, 7) is 0.317. The second kappa shape index (κ2) is 5.80. The van der Waals surface area contributed by atoms with E-state index in [-0.39, 0.29) is 11.4 Å². The van der Waals surface area contributed by atoms with Crippen LogP contribution in [-0.2, 0) is 11.2 Å². The summed E-state index contributed by atoms with van der Waals surface area (Å²) in [5, 5.41) is 19.1. The summed E-state index contributed by atoms with van der Waals surface area (Å²) in [5.41, 5.74) is 0.303. The minimum Gasteiger partial charge on any atom is -0.449 e. The van der Waals surface area contributed by atoms with Crippen LogP contribution < -0.4 is 4.74 Å². The molecular formula is C10H11NO6. The Morgan fingerprint density at radius 1 is 1.53 bits per heavy atom. The van der Waals surface area contributed by atoms with Crippen molar-refractivity contribution in [2.24, 2.45) is 0 Å². The van der Waals surface area contributed by atoms with Crippen LogP contribution >= 0.6 is 0 Å². The van der Waals surface area contributed by atoms with E-state index in [1.165, 1.54) is 25.3 Å². The molecule has 0 atom stereocenters. The van der Waals surface area contributed by atoms with Gasteiger partial charge in [0.2, 0.25) is 0 Å². The molecule has 0 saturated carbocycles. The number of nitrogens with zero attached hydrogens (tertiary/aromatic N) is 1. The summed E-state index contributed by atoms with van der Waals surface area (Å²) in [6, 6.07) is 3.73. The van der Waals surface area contributed by atoms with E-state index in [4.69, 9.17) is 9.84 Å². The molecule has 1 aromatic rings. The predicted octanol–water partition coefficient (Wildman–Crippen LogP) is 1.84. The number of non-ortho nitro benzene ring substituents is 1. The van der Waals surface area contributed by atoms with Crippen molar-refractivity contribution < 1.29 is 24.3 Å². The Balaban J connectivity index is 3.02. The van der Waals surface area contributed by atoms with Gasteiger partial charge in [-0.15, -0.1) is 0 Å². The Bertz CT molecular complexity index is 431. The number of hydrogen-bond acceptors (Lipinski definition) is 5. The molecule has 0 saturated heterocycles. The zero-order valence-corrected chi connectivity index (χ0v) is 9.08. The lowest BCUT2D eigenvalue weighted by molar-refractivity contribution is -0.384. The fourth-order valence-electron chi connectivity index (χ4n) is 1.28. The lowest BCUT2D eigenvalue weighted by Gasteiger charge is -2.07. The molecule has 0 aliphatic rings. The summed E-state index contributed by atoms with van der Waals surface area (Å²) < 4.78 is 9.35. The third-order valence-electron chi connectivity index (χ3n) is 2.03. The van der Waals surface area contributed by atoms with Crippen LogP contribution in [0.2, 0.25) is 0 Å². The van der Waals surface area contributed by atoms with Crippen LogP contribution in [0.5, 0.6) is 5.75 Å². The van der Waals surface area contributed by atoms with E-state index in [1.54, 1.807) is 0 Å². The van der Waals surface area contributed by atoms with Gasteiger partial charge >= 0.3 is 6.16 Å². The molecule has 1 aromatic carbocycles. The normalized spacial score (nSPS) is 9.94. The molecule has 0 heterocycles. The maximum atomic E-state index is 10.6. The Labute approximate surface area is 96.7 Å². The molecule has 0 fully saturated rings. The van der Waals surface area contributed by atoms with E-state index < -0.39 is 11.1 Å². The Hall–Kier alpha value is -2.15. The van der Waals surface area contributed by atoms with Crippen molar-refractivity contribution in [3.8, 4) is 5.75 Å². The van der Waals surface area contributed by atoms with E-state index in [1.807, 2.05) is 0 Å². The van der Waals surface area contributed by atoms with Crippen molar-refractivity contribution in [2.45, 2.75) is 6.42 Å². The molecule has 0 amide bonds. The summed E-state index contributed by atoms with van der Waals surface area (Å²) in [6.07, 6.45) is -1.13. The SMILES string of the molecule is COCCc1cc([N+](=O)[O-])ccc1OC(=O)O. The monoisotopic (exact) mass is 241 g/mol. The molecule has 1 rings (SSSR count). The summed E-state index contributed by atoms with van der Waals surface area (Å²) in [4.78, 5) is 20.4. The Morgan fingerprint density at radius 3 is 2.76 bits per heavy atom. The largest absolute Gasteiger partial charge is 0.511 e. The highest BCUT2D eigenvalue weighted by Crippen LogP contribution is 2.24. The molecule has 1 N–H and O–H groups in total. The van der Waals surface area contributed by atoms with Crippen molar-refractivity contribution in [3.05, 3.63) is 33.9 Å². The first-order valence-electron chi connectivity index (χ1n) is 4.71. The second-order valence-corrected chi connectivity index (χ2v) is 3.16. The number of ether oxygens (including phenoxy) is 2. The van der Waals surface area contributed by atoms with Gasteiger partial charge < -0.3 is 14.6 Å². The molecular weight excluding hydrogens is 230 g/mol. The number of carboxylic acid groups (broad SMARTS) is 1. The first-order chi connectivity index (χ1) is 8.04. The predicted molar refractivity (Wildman–Crippen MR) is 57.3 cm³/mol. The van der Waals surface area contributed by atoms with Gasteiger partial charge in [0.15, 0.2) is 0 Å². The van der Waals surface area contributed by atoms with Crippen molar-refractivity contribution in [1.82, 2.24) is 0 Å². The summed E-state index contributed by atoms with van der Waals surface area (Å²) in [7, 11) is 1.48. The number of nitro groups is 1. The molecule has 0 bridgehead atoms. The second-order valence-electron chi connectivity index (χ2n) is 3.16. The molecule has 0 radical (unpaired) electrons. The third kappa shape index (κ3) is 3.72. The average Bonchev–Trinajstić information content (AvgIpc) is 2.26. The minimum absolute atomic E-state index is 0.0835. The number of nitro benzene ring substituents is 1. The molecule has 7 heteroatoms. The van der Waals surface area contributed by atoms with Gasteiger partial charge in [-0.1, -0.05) is 0 Å². The molecule has 0 aliphatic heterocycles. The van der Waals surface area contributed by atoms with Gasteiger partial charge in [0.05, 0.1) is 11.5 Å². The molecule has 0 aromatic heterocycles. The fraction of sp³-hybridized carbons (Fsp3) is 0.300. The van der Waals surface area contributed by atoms with Crippen LogP contribution in [0.4, 0.5) is 10.5 Å². The molecule has 0 unspecified atom stereocenters. The van der Waals surface area contributed by atoms with Crippen LogP contribution in [0.15, 0.2) is 18.2 Å². The molecule has 92 valence electrons. The maximum Gasteiger partial charge on any atom is 0.511 e. The Kier molecular flexibility index (Phi) is 4.41. The standard InChI is InChI=1S/C10H11NO6/c1-16-5-4-7-6-8(11(14)15)2-3-9(7)17-10(12)13/h2-3,6H,4-5H2,1H3,(H,12,13). The van der Waals surface area contributed by atoms with E-state index in [2.05, 4.69) is 4.74 Å². The van der Waals surface area contributed by atoms with E-state index in [9.17, 15) is 14.9 Å². The summed E-state index contributed by atoms with van der Waals surface area (Å²) in [5.74, 6) is 0.0835. The lowest BCUT2D eigenvalue weighted by atomic mass is 10.1.